The predicted octanol–water partition coefficient (Wildman–Crippen LogP) is 2.04. The Balaban J connectivity index is 2.07. The summed E-state index contributed by atoms with van der Waals surface area (Å²) in [5.41, 5.74) is 0.452. The van der Waals surface area contributed by atoms with Crippen LogP contribution < -0.4 is 10.6 Å². The van der Waals surface area contributed by atoms with E-state index in [9.17, 15) is 10.1 Å². The third-order valence-electron chi connectivity index (χ3n) is 2.26. The van der Waals surface area contributed by atoms with Gasteiger partial charge in [-0.05, 0) is 31.1 Å². The Morgan fingerprint density at radius 1 is 1.44 bits per heavy atom. The molecule has 0 bridgehead atoms. The van der Waals surface area contributed by atoms with Crippen LogP contribution >= 0.6 is 12.2 Å². The fourth-order valence-electron chi connectivity index (χ4n) is 1.31. The number of nitrogens with one attached hydrogen (secondary N) is 2. The molecule has 0 aromatic heterocycles. The van der Waals surface area contributed by atoms with Crippen LogP contribution in [0.25, 0.3) is 0 Å². The van der Waals surface area contributed by atoms with Crippen LogP contribution in [0.1, 0.15) is 12.8 Å². The lowest BCUT2D eigenvalue weighted by molar-refractivity contribution is -0.383. The van der Waals surface area contributed by atoms with Crippen molar-refractivity contribution in [3.8, 4) is 0 Å². The first-order valence-corrected chi connectivity index (χ1v) is 5.38. The van der Waals surface area contributed by atoms with E-state index >= 15 is 0 Å². The number of anilines is 1. The highest BCUT2D eigenvalue weighted by Gasteiger charge is 2.22. The van der Waals surface area contributed by atoms with E-state index in [1.54, 1.807) is 18.2 Å². The Morgan fingerprint density at radius 3 is 2.75 bits per heavy atom. The summed E-state index contributed by atoms with van der Waals surface area (Å²) in [7, 11) is 0. The summed E-state index contributed by atoms with van der Waals surface area (Å²) < 4.78 is 0. The molecule has 0 aliphatic heterocycles. The Kier molecular flexibility index (Phi) is 3.00. The number of nitrogens with zero attached hydrogens (tertiary/aromatic N) is 1. The Hall–Kier alpha value is -1.69. The zero-order valence-corrected chi connectivity index (χ0v) is 9.29. The van der Waals surface area contributed by atoms with Gasteiger partial charge in [0, 0.05) is 12.1 Å². The van der Waals surface area contributed by atoms with Crippen molar-refractivity contribution < 1.29 is 4.92 Å². The summed E-state index contributed by atoms with van der Waals surface area (Å²) in [5.74, 6) is 0. The number of nitro benzene ring substituents is 1. The van der Waals surface area contributed by atoms with Gasteiger partial charge in [0.25, 0.3) is 5.69 Å². The van der Waals surface area contributed by atoms with E-state index in [2.05, 4.69) is 10.6 Å². The first kappa shape index (κ1) is 10.8. The van der Waals surface area contributed by atoms with Gasteiger partial charge in [0.05, 0.1) is 4.92 Å². The summed E-state index contributed by atoms with van der Waals surface area (Å²) in [6.07, 6.45) is 2.22. The van der Waals surface area contributed by atoms with Crippen molar-refractivity contribution in [1.29, 1.82) is 0 Å². The summed E-state index contributed by atoms with van der Waals surface area (Å²) >= 11 is 5.05. The van der Waals surface area contributed by atoms with E-state index in [0.29, 0.717) is 16.8 Å². The Bertz CT molecular complexity index is 432. The number of hydrogen-bond acceptors (Lipinski definition) is 3. The van der Waals surface area contributed by atoms with Gasteiger partial charge in [-0.1, -0.05) is 12.1 Å². The fourth-order valence-corrected chi connectivity index (χ4v) is 1.59. The smallest absolute Gasteiger partial charge is 0.292 e. The van der Waals surface area contributed by atoms with Crippen molar-refractivity contribution in [1.82, 2.24) is 5.32 Å². The highest BCUT2D eigenvalue weighted by Crippen LogP contribution is 2.24. The van der Waals surface area contributed by atoms with Crippen LogP contribution in [0.5, 0.6) is 0 Å². The second kappa shape index (κ2) is 4.44. The van der Waals surface area contributed by atoms with Gasteiger partial charge >= 0.3 is 0 Å². The molecule has 0 radical (unpaired) electrons. The van der Waals surface area contributed by atoms with E-state index < -0.39 is 4.92 Å². The molecule has 0 spiro atoms. The quantitative estimate of drug-likeness (QED) is 0.478. The Labute approximate surface area is 98.0 Å². The van der Waals surface area contributed by atoms with Crippen LogP contribution in [0, 0.1) is 10.1 Å². The van der Waals surface area contributed by atoms with Crippen LogP contribution in [0.15, 0.2) is 24.3 Å². The zero-order valence-electron chi connectivity index (χ0n) is 8.47. The van der Waals surface area contributed by atoms with E-state index in [1.807, 2.05) is 0 Å². The van der Waals surface area contributed by atoms with E-state index in [4.69, 9.17) is 12.2 Å². The minimum Gasteiger partial charge on any atom is -0.360 e. The number of rotatable bonds is 3. The molecule has 0 atom stereocenters. The summed E-state index contributed by atoms with van der Waals surface area (Å²) in [6, 6.07) is 6.87. The van der Waals surface area contributed by atoms with Gasteiger partial charge in [0.15, 0.2) is 5.11 Å². The van der Waals surface area contributed by atoms with Crippen LogP contribution in [0.2, 0.25) is 0 Å². The lowest BCUT2D eigenvalue weighted by atomic mass is 10.3. The standard InChI is InChI=1S/C10H11N3O2S/c14-13(15)9-4-2-1-3-8(9)12-10(16)11-7-5-6-7/h1-4,7H,5-6H2,(H2,11,12,16). The number of benzene rings is 1. The van der Waals surface area contributed by atoms with Gasteiger partial charge in [-0.25, -0.2) is 0 Å². The van der Waals surface area contributed by atoms with Crippen molar-refractivity contribution in [2.24, 2.45) is 0 Å². The molecule has 2 N–H and O–H groups in total. The third-order valence-corrected chi connectivity index (χ3v) is 2.48. The van der Waals surface area contributed by atoms with Crippen molar-refractivity contribution in [2.45, 2.75) is 18.9 Å². The molecule has 1 aromatic carbocycles. The molecule has 84 valence electrons. The molecule has 16 heavy (non-hydrogen) atoms. The van der Waals surface area contributed by atoms with Crippen LogP contribution in [0.4, 0.5) is 11.4 Å². The third kappa shape index (κ3) is 2.66. The van der Waals surface area contributed by atoms with E-state index in [1.165, 1.54) is 6.07 Å². The van der Waals surface area contributed by atoms with Gasteiger partial charge in [0.2, 0.25) is 0 Å². The molecule has 1 fully saturated rings. The fraction of sp³-hybridized carbons (Fsp3) is 0.300. The summed E-state index contributed by atoms with van der Waals surface area (Å²) in [6.45, 7) is 0. The normalized spacial score (nSPS) is 14.2. The van der Waals surface area contributed by atoms with E-state index in [-0.39, 0.29) is 5.69 Å². The van der Waals surface area contributed by atoms with Gasteiger partial charge < -0.3 is 10.6 Å². The molecule has 1 aliphatic rings. The number of nitro groups is 1. The summed E-state index contributed by atoms with van der Waals surface area (Å²) in [4.78, 5) is 10.3. The van der Waals surface area contributed by atoms with Crippen molar-refractivity contribution in [3.63, 3.8) is 0 Å². The first-order chi connectivity index (χ1) is 7.66. The molecular formula is C10H11N3O2S. The SMILES string of the molecule is O=[N+]([O-])c1ccccc1NC(=S)NC1CC1. The molecule has 1 aliphatic carbocycles. The second-order valence-corrected chi connectivity index (χ2v) is 4.06. The number of para-hydroxylation sites is 2. The average molecular weight is 237 g/mol. The van der Waals surface area contributed by atoms with Crippen molar-refractivity contribution in [3.05, 3.63) is 34.4 Å². The van der Waals surface area contributed by atoms with Crippen LogP contribution in [-0.4, -0.2) is 16.1 Å². The molecule has 2 rings (SSSR count). The topological polar surface area (TPSA) is 67.2 Å². The second-order valence-electron chi connectivity index (χ2n) is 3.65. The molecule has 1 saturated carbocycles. The van der Waals surface area contributed by atoms with Crippen molar-refractivity contribution in [2.75, 3.05) is 5.32 Å². The molecule has 0 saturated heterocycles. The molecule has 0 amide bonds. The minimum absolute atomic E-state index is 0.0300. The maximum atomic E-state index is 10.7. The van der Waals surface area contributed by atoms with Gasteiger partial charge in [-0.2, -0.15) is 0 Å². The number of hydrogen-bond donors (Lipinski definition) is 2. The lowest BCUT2D eigenvalue weighted by Crippen LogP contribution is -2.30. The highest BCUT2D eigenvalue weighted by atomic mass is 32.1. The Morgan fingerprint density at radius 2 is 2.12 bits per heavy atom. The van der Waals surface area contributed by atoms with Gasteiger partial charge in [0.1, 0.15) is 5.69 Å². The molecule has 0 unspecified atom stereocenters. The minimum atomic E-state index is -0.429. The molecular weight excluding hydrogens is 226 g/mol. The van der Waals surface area contributed by atoms with Crippen LogP contribution in [-0.2, 0) is 0 Å². The molecule has 1 aromatic rings. The lowest BCUT2D eigenvalue weighted by Gasteiger charge is -2.09. The first-order valence-electron chi connectivity index (χ1n) is 4.98. The predicted molar refractivity (Wildman–Crippen MR) is 65.5 cm³/mol. The largest absolute Gasteiger partial charge is 0.360 e. The van der Waals surface area contributed by atoms with Gasteiger partial charge in [-0.15, -0.1) is 0 Å². The zero-order chi connectivity index (χ0) is 11.5. The maximum Gasteiger partial charge on any atom is 0.292 e. The summed E-state index contributed by atoms with van der Waals surface area (Å²) in [5, 5.41) is 17.1. The average Bonchev–Trinajstić information content (AvgIpc) is 3.02. The molecule has 6 heteroatoms. The molecule has 5 nitrogen and oxygen atoms in total. The monoisotopic (exact) mass is 237 g/mol. The molecule has 0 heterocycles. The van der Waals surface area contributed by atoms with E-state index in [0.717, 1.165) is 12.8 Å². The van der Waals surface area contributed by atoms with Crippen molar-refractivity contribution >= 4 is 28.7 Å². The maximum absolute atomic E-state index is 10.7. The van der Waals surface area contributed by atoms with Gasteiger partial charge in [-0.3, -0.25) is 10.1 Å². The van der Waals surface area contributed by atoms with Crippen LogP contribution in [0.3, 0.4) is 0 Å². The highest BCUT2D eigenvalue weighted by molar-refractivity contribution is 7.80. The number of thiocarbonyl (C=S) groups is 1.